The Morgan fingerprint density at radius 2 is 1.50 bits per heavy atom. The third kappa shape index (κ3) is 6.84. The maximum atomic E-state index is 12.0. The van der Waals surface area contributed by atoms with Crippen molar-refractivity contribution >= 4 is 17.8 Å². The van der Waals surface area contributed by atoms with Crippen LogP contribution in [0.3, 0.4) is 0 Å². The summed E-state index contributed by atoms with van der Waals surface area (Å²) in [6.07, 6.45) is 8.25. The predicted octanol–water partition coefficient (Wildman–Crippen LogP) is 1.11. The third-order valence-electron chi connectivity index (χ3n) is 5.56. The van der Waals surface area contributed by atoms with Crippen LogP contribution in [0, 0.1) is 11.8 Å². The molecule has 1 aliphatic carbocycles. The molecule has 0 aromatic heterocycles. The lowest BCUT2D eigenvalue weighted by Crippen LogP contribution is -2.47. The van der Waals surface area contributed by atoms with Crippen LogP contribution in [-0.2, 0) is 9.59 Å². The van der Waals surface area contributed by atoms with E-state index in [1.165, 1.54) is 25.7 Å². The smallest absolute Gasteiger partial charge is 0.220 e. The zero-order valence-electron chi connectivity index (χ0n) is 16.4. The van der Waals surface area contributed by atoms with E-state index in [-0.39, 0.29) is 11.8 Å². The van der Waals surface area contributed by atoms with E-state index in [1.807, 2.05) is 0 Å². The number of guanidine groups is 1. The topological polar surface area (TPSA) is 85.8 Å². The fourth-order valence-electron chi connectivity index (χ4n) is 3.97. The largest absolute Gasteiger partial charge is 0.359 e. The third-order valence-corrected chi connectivity index (χ3v) is 5.56. The number of hydrogen-bond donors (Lipinski definition) is 3. The van der Waals surface area contributed by atoms with Crippen molar-refractivity contribution in [1.29, 1.82) is 0 Å². The Labute approximate surface area is 157 Å². The van der Waals surface area contributed by atoms with Crippen molar-refractivity contribution < 1.29 is 9.59 Å². The molecule has 0 spiro atoms. The maximum absolute atomic E-state index is 12.0. The van der Waals surface area contributed by atoms with Gasteiger partial charge in [-0.1, -0.05) is 12.8 Å². The highest BCUT2D eigenvalue weighted by atomic mass is 16.2. The van der Waals surface area contributed by atoms with Gasteiger partial charge >= 0.3 is 0 Å². The molecule has 0 aromatic rings. The van der Waals surface area contributed by atoms with Crippen LogP contribution in [0.1, 0.15) is 51.4 Å². The second kappa shape index (κ2) is 11.0. The number of nitrogens with one attached hydrogen (secondary N) is 3. The standard InChI is InChI=1S/C19H35N5O2/c1-20-17(25)13-16-7-11-24(12-8-16)19(21-2)23-10-9-22-18(26)14-15-5-3-4-6-15/h15-16H,3-14H2,1-2H3,(H,20,25)(H,21,23)(H,22,26). The minimum absolute atomic E-state index is 0.124. The fraction of sp³-hybridized carbons (Fsp3) is 0.842. The highest BCUT2D eigenvalue weighted by Crippen LogP contribution is 2.27. The molecule has 0 bridgehead atoms. The number of likely N-dealkylation sites (tertiary alicyclic amines) is 1. The van der Waals surface area contributed by atoms with Gasteiger partial charge in [0.1, 0.15) is 0 Å². The van der Waals surface area contributed by atoms with Gasteiger partial charge in [0.2, 0.25) is 11.8 Å². The minimum Gasteiger partial charge on any atom is -0.359 e. The Morgan fingerprint density at radius 3 is 2.12 bits per heavy atom. The number of carbonyl (C=O) groups excluding carboxylic acids is 2. The molecule has 2 amide bonds. The normalized spacial score (nSPS) is 19.5. The molecule has 1 saturated carbocycles. The summed E-state index contributed by atoms with van der Waals surface area (Å²) in [6.45, 7) is 3.13. The van der Waals surface area contributed by atoms with Gasteiger partial charge in [0.25, 0.3) is 0 Å². The first kappa shape index (κ1) is 20.5. The number of aliphatic imine (C=N–C) groups is 1. The molecule has 2 aliphatic rings. The molecule has 0 atom stereocenters. The first-order valence-electron chi connectivity index (χ1n) is 10.0. The van der Waals surface area contributed by atoms with Crippen molar-refractivity contribution in [2.24, 2.45) is 16.8 Å². The van der Waals surface area contributed by atoms with Gasteiger partial charge in [-0.3, -0.25) is 14.6 Å². The highest BCUT2D eigenvalue weighted by Gasteiger charge is 2.23. The van der Waals surface area contributed by atoms with Gasteiger partial charge in [0.15, 0.2) is 5.96 Å². The van der Waals surface area contributed by atoms with Gasteiger partial charge in [-0.15, -0.1) is 0 Å². The Balaban J connectivity index is 1.60. The zero-order valence-corrected chi connectivity index (χ0v) is 16.4. The van der Waals surface area contributed by atoms with E-state index in [4.69, 9.17) is 0 Å². The van der Waals surface area contributed by atoms with Crippen molar-refractivity contribution in [3.05, 3.63) is 0 Å². The Bertz CT molecular complexity index is 480. The van der Waals surface area contributed by atoms with E-state index in [9.17, 15) is 9.59 Å². The van der Waals surface area contributed by atoms with Crippen molar-refractivity contribution in [3.8, 4) is 0 Å². The number of hydrogen-bond acceptors (Lipinski definition) is 3. The molecular formula is C19H35N5O2. The van der Waals surface area contributed by atoms with Gasteiger partial charge < -0.3 is 20.9 Å². The van der Waals surface area contributed by atoms with Crippen molar-refractivity contribution in [2.45, 2.75) is 51.4 Å². The summed E-state index contributed by atoms with van der Waals surface area (Å²) >= 11 is 0. The van der Waals surface area contributed by atoms with Gasteiger partial charge in [-0.05, 0) is 37.5 Å². The van der Waals surface area contributed by atoms with Crippen LogP contribution in [0.4, 0.5) is 0 Å². The molecule has 148 valence electrons. The van der Waals surface area contributed by atoms with E-state index in [0.29, 0.717) is 37.8 Å². The van der Waals surface area contributed by atoms with Gasteiger partial charge in [-0.2, -0.15) is 0 Å². The molecule has 2 fully saturated rings. The number of nitrogens with zero attached hydrogens (tertiary/aromatic N) is 2. The van der Waals surface area contributed by atoms with Crippen molar-refractivity contribution in [3.63, 3.8) is 0 Å². The number of piperidine rings is 1. The lowest BCUT2D eigenvalue weighted by atomic mass is 9.93. The van der Waals surface area contributed by atoms with Crippen LogP contribution in [0.2, 0.25) is 0 Å². The van der Waals surface area contributed by atoms with Crippen LogP contribution >= 0.6 is 0 Å². The summed E-state index contributed by atoms with van der Waals surface area (Å²) in [5, 5.41) is 9.04. The quantitative estimate of drug-likeness (QED) is 0.358. The van der Waals surface area contributed by atoms with Crippen LogP contribution in [0.25, 0.3) is 0 Å². The molecule has 0 radical (unpaired) electrons. The number of amides is 2. The average Bonchev–Trinajstić information content (AvgIpc) is 3.15. The van der Waals surface area contributed by atoms with E-state index in [2.05, 4.69) is 25.8 Å². The molecule has 0 unspecified atom stereocenters. The summed E-state index contributed by atoms with van der Waals surface area (Å²) in [7, 11) is 3.48. The van der Waals surface area contributed by atoms with Crippen molar-refractivity contribution in [1.82, 2.24) is 20.9 Å². The lowest BCUT2D eigenvalue weighted by Gasteiger charge is -2.34. The van der Waals surface area contributed by atoms with Crippen LogP contribution < -0.4 is 16.0 Å². The van der Waals surface area contributed by atoms with Gasteiger partial charge in [0.05, 0.1) is 0 Å². The first-order valence-corrected chi connectivity index (χ1v) is 10.0. The minimum atomic E-state index is 0.124. The highest BCUT2D eigenvalue weighted by molar-refractivity contribution is 5.80. The molecule has 26 heavy (non-hydrogen) atoms. The average molecular weight is 366 g/mol. The Kier molecular flexibility index (Phi) is 8.71. The van der Waals surface area contributed by atoms with Crippen LogP contribution in [0.15, 0.2) is 4.99 Å². The maximum Gasteiger partial charge on any atom is 0.220 e. The summed E-state index contributed by atoms with van der Waals surface area (Å²) in [4.78, 5) is 30.0. The molecule has 7 heteroatoms. The molecule has 7 nitrogen and oxygen atoms in total. The molecule has 1 saturated heterocycles. The van der Waals surface area contributed by atoms with E-state index in [0.717, 1.165) is 31.9 Å². The van der Waals surface area contributed by atoms with Gasteiger partial charge in [0, 0.05) is 53.1 Å². The monoisotopic (exact) mass is 365 g/mol. The lowest BCUT2D eigenvalue weighted by molar-refractivity contribution is -0.122. The molecule has 1 heterocycles. The molecular weight excluding hydrogens is 330 g/mol. The first-order chi connectivity index (χ1) is 12.6. The van der Waals surface area contributed by atoms with Crippen molar-refractivity contribution in [2.75, 3.05) is 40.3 Å². The van der Waals surface area contributed by atoms with E-state index < -0.39 is 0 Å². The van der Waals surface area contributed by atoms with Gasteiger partial charge in [-0.25, -0.2) is 0 Å². The SMILES string of the molecule is CN=C(NCCNC(=O)CC1CCCC1)N1CCC(CC(=O)NC)CC1. The van der Waals surface area contributed by atoms with E-state index >= 15 is 0 Å². The number of rotatable bonds is 7. The molecule has 1 aliphatic heterocycles. The molecule has 0 aromatic carbocycles. The van der Waals surface area contributed by atoms with Crippen LogP contribution in [0.5, 0.6) is 0 Å². The second-order valence-corrected chi connectivity index (χ2v) is 7.49. The predicted molar refractivity (Wildman–Crippen MR) is 104 cm³/mol. The molecule has 2 rings (SSSR count). The zero-order chi connectivity index (χ0) is 18.8. The van der Waals surface area contributed by atoms with Crippen LogP contribution in [-0.4, -0.2) is 62.9 Å². The summed E-state index contributed by atoms with van der Waals surface area (Å²) in [5.41, 5.74) is 0. The number of carbonyl (C=O) groups is 2. The second-order valence-electron chi connectivity index (χ2n) is 7.49. The molecule has 3 N–H and O–H groups in total. The Hall–Kier alpha value is -1.79. The summed E-state index contributed by atoms with van der Waals surface area (Å²) in [6, 6.07) is 0. The summed E-state index contributed by atoms with van der Waals surface area (Å²) < 4.78 is 0. The summed E-state index contributed by atoms with van der Waals surface area (Å²) in [5.74, 6) is 2.22. The Morgan fingerprint density at radius 1 is 0.923 bits per heavy atom. The fourth-order valence-corrected chi connectivity index (χ4v) is 3.97. The van der Waals surface area contributed by atoms with E-state index in [1.54, 1.807) is 14.1 Å².